The number of H-pyrrole nitrogens is 1. The standard InChI is InChI=1S/C8H9N7/c1-2-6-11-8(13-12-6)4-15-5-10-7(3-9)14-15/h5H,2,4H2,1H3,(H,11,12,13). The van der Waals surface area contributed by atoms with Crippen LogP contribution in [0.15, 0.2) is 6.33 Å². The van der Waals surface area contributed by atoms with Crippen molar-refractivity contribution in [2.24, 2.45) is 0 Å². The quantitative estimate of drug-likeness (QED) is 0.750. The number of rotatable bonds is 3. The minimum absolute atomic E-state index is 0.158. The maximum atomic E-state index is 8.54. The fraction of sp³-hybridized carbons (Fsp3) is 0.375. The third-order valence-corrected chi connectivity index (χ3v) is 1.84. The summed E-state index contributed by atoms with van der Waals surface area (Å²) in [5.41, 5.74) is 0. The smallest absolute Gasteiger partial charge is 0.252 e. The van der Waals surface area contributed by atoms with E-state index in [4.69, 9.17) is 5.26 Å². The summed E-state index contributed by atoms with van der Waals surface area (Å²) in [6.45, 7) is 2.43. The van der Waals surface area contributed by atoms with Gasteiger partial charge in [-0.1, -0.05) is 6.92 Å². The van der Waals surface area contributed by atoms with Crippen LogP contribution in [-0.2, 0) is 13.0 Å². The van der Waals surface area contributed by atoms with Gasteiger partial charge in [0.1, 0.15) is 24.8 Å². The van der Waals surface area contributed by atoms with Crippen LogP contribution in [0.3, 0.4) is 0 Å². The number of aryl methyl sites for hydroxylation is 1. The van der Waals surface area contributed by atoms with Crippen LogP contribution >= 0.6 is 0 Å². The van der Waals surface area contributed by atoms with Gasteiger partial charge in [0, 0.05) is 6.42 Å². The molecule has 7 heteroatoms. The topological polar surface area (TPSA) is 96.1 Å². The lowest BCUT2D eigenvalue weighted by molar-refractivity contribution is 0.653. The van der Waals surface area contributed by atoms with Crippen molar-refractivity contribution < 1.29 is 0 Å². The molecule has 0 amide bonds. The van der Waals surface area contributed by atoms with Crippen LogP contribution in [-0.4, -0.2) is 29.9 Å². The third kappa shape index (κ3) is 1.99. The first-order chi connectivity index (χ1) is 7.31. The average molecular weight is 203 g/mol. The van der Waals surface area contributed by atoms with E-state index < -0.39 is 0 Å². The summed E-state index contributed by atoms with van der Waals surface area (Å²) in [6.07, 6.45) is 2.28. The number of aromatic nitrogens is 6. The fourth-order valence-electron chi connectivity index (χ4n) is 1.14. The molecule has 2 rings (SSSR count). The number of hydrogen-bond acceptors (Lipinski definition) is 5. The summed E-state index contributed by atoms with van der Waals surface area (Å²) in [5.74, 6) is 1.64. The molecule has 2 heterocycles. The molecule has 0 saturated carbocycles. The molecule has 0 fully saturated rings. The van der Waals surface area contributed by atoms with E-state index >= 15 is 0 Å². The van der Waals surface area contributed by atoms with Gasteiger partial charge < -0.3 is 0 Å². The zero-order valence-corrected chi connectivity index (χ0v) is 8.17. The van der Waals surface area contributed by atoms with Gasteiger partial charge in [-0.15, -0.1) is 5.10 Å². The summed E-state index contributed by atoms with van der Waals surface area (Å²) in [4.78, 5) is 8.01. The summed E-state index contributed by atoms with van der Waals surface area (Å²) in [7, 11) is 0. The number of nitrogens with zero attached hydrogens (tertiary/aromatic N) is 6. The normalized spacial score (nSPS) is 10.1. The zero-order valence-electron chi connectivity index (χ0n) is 8.17. The van der Waals surface area contributed by atoms with Crippen molar-refractivity contribution in [1.82, 2.24) is 29.9 Å². The first-order valence-electron chi connectivity index (χ1n) is 4.51. The molecule has 15 heavy (non-hydrogen) atoms. The van der Waals surface area contributed by atoms with Crippen LogP contribution in [0.4, 0.5) is 0 Å². The van der Waals surface area contributed by atoms with Gasteiger partial charge in [-0.25, -0.2) is 14.6 Å². The Bertz CT molecular complexity index is 489. The molecule has 0 aromatic carbocycles. The van der Waals surface area contributed by atoms with E-state index in [-0.39, 0.29) is 5.82 Å². The number of aromatic amines is 1. The Balaban J connectivity index is 2.11. The van der Waals surface area contributed by atoms with Gasteiger partial charge in [-0.3, -0.25) is 5.10 Å². The highest BCUT2D eigenvalue weighted by Crippen LogP contribution is 1.96. The Hall–Kier alpha value is -2.23. The minimum atomic E-state index is 0.158. The Morgan fingerprint density at radius 1 is 1.60 bits per heavy atom. The third-order valence-electron chi connectivity index (χ3n) is 1.84. The summed E-state index contributed by atoms with van der Waals surface area (Å²) in [6, 6.07) is 1.86. The van der Waals surface area contributed by atoms with E-state index in [1.165, 1.54) is 6.33 Å². The molecule has 0 radical (unpaired) electrons. The molecule has 7 nitrogen and oxygen atoms in total. The predicted octanol–water partition coefficient (Wildman–Crippen LogP) is -0.121. The minimum Gasteiger partial charge on any atom is -0.261 e. The summed E-state index contributed by atoms with van der Waals surface area (Å²) < 4.78 is 1.54. The zero-order chi connectivity index (χ0) is 10.7. The van der Waals surface area contributed by atoms with Crippen molar-refractivity contribution in [3.05, 3.63) is 23.8 Å². The summed E-state index contributed by atoms with van der Waals surface area (Å²) >= 11 is 0. The molecular weight excluding hydrogens is 194 g/mol. The van der Waals surface area contributed by atoms with Crippen molar-refractivity contribution in [3.63, 3.8) is 0 Å². The first kappa shape index (κ1) is 9.33. The lowest BCUT2D eigenvalue weighted by Crippen LogP contribution is -2.02. The second kappa shape index (κ2) is 3.88. The van der Waals surface area contributed by atoms with E-state index in [9.17, 15) is 0 Å². The molecule has 0 spiro atoms. The van der Waals surface area contributed by atoms with Crippen LogP contribution in [0, 0.1) is 11.3 Å². The van der Waals surface area contributed by atoms with E-state index in [0.717, 1.165) is 12.2 Å². The van der Waals surface area contributed by atoms with Gasteiger partial charge in [-0.05, 0) is 0 Å². The number of nitrogens with one attached hydrogen (secondary N) is 1. The number of hydrogen-bond donors (Lipinski definition) is 1. The average Bonchev–Trinajstić information content (AvgIpc) is 2.87. The van der Waals surface area contributed by atoms with Crippen LogP contribution < -0.4 is 0 Å². The molecule has 76 valence electrons. The Kier molecular flexibility index (Phi) is 2.41. The van der Waals surface area contributed by atoms with Crippen LogP contribution in [0.25, 0.3) is 0 Å². The van der Waals surface area contributed by atoms with Crippen molar-refractivity contribution in [2.75, 3.05) is 0 Å². The lowest BCUT2D eigenvalue weighted by atomic mass is 10.5. The van der Waals surface area contributed by atoms with Crippen LogP contribution in [0.2, 0.25) is 0 Å². The highest BCUT2D eigenvalue weighted by molar-refractivity contribution is 5.05. The Morgan fingerprint density at radius 2 is 2.47 bits per heavy atom. The fourth-order valence-corrected chi connectivity index (χ4v) is 1.14. The van der Waals surface area contributed by atoms with Gasteiger partial charge >= 0.3 is 0 Å². The molecule has 0 aliphatic carbocycles. The summed E-state index contributed by atoms with van der Waals surface area (Å²) in [5, 5.41) is 19.2. The van der Waals surface area contributed by atoms with Crippen molar-refractivity contribution in [1.29, 1.82) is 5.26 Å². The van der Waals surface area contributed by atoms with Gasteiger partial charge in [0.25, 0.3) is 5.82 Å². The van der Waals surface area contributed by atoms with Gasteiger partial charge in [-0.2, -0.15) is 10.4 Å². The van der Waals surface area contributed by atoms with Crippen LogP contribution in [0.5, 0.6) is 0 Å². The predicted molar refractivity (Wildman–Crippen MR) is 49.6 cm³/mol. The molecular formula is C8H9N7. The highest BCUT2D eigenvalue weighted by atomic mass is 15.3. The molecule has 2 aromatic rings. The maximum Gasteiger partial charge on any atom is 0.252 e. The second-order valence-corrected chi connectivity index (χ2v) is 2.93. The largest absolute Gasteiger partial charge is 0.261 e. The Morgan fingerprint density at radius 3 is 3.07 bits per heavy atom. The van der Waals surface area contributed by atoms with Crippen molar-refractivity contribution in [3.8, 4) is 6.07 Å². The molecule has 0 unspecified atom stereocenters. The monoisotopic (exact) mass is 203 g/mol. The van der Waals surface area contributed by atoms with E-state index in [1.54, 1.807) is 4.68 Å². The molecule has 0 bridgehead atoms. The highest BCUT2D eigenvalue weighted by Gasteiger charge is 2.04. The lowest BCUT2D eigenvalue weighted by Gasteiger charge is -1.93. The van der Waals surface area contributed by atoms with Crippen LogP contribution in [0.1, 0.15) is 24.4 Å². The van der Waals surface area contributed by atoms with Gasteiger partial charge in [0.15, 0.2) is 5.82 Å². The Labute approximate surface area is 85.8 Å². The van der Waals surface area contributed by atoms with E-state index in [1.807, 2.05) is 13.0 Å². The first-order valence-corrected chi connectivity index (χ1v) is 4.51. The second-order valence-electron chi connectivity index (χ2n) is 2.93. The SMILES string of the molecule is CCc1n[nH]c(Cn2cnc(C#N)n2)n1. The van der Waals surface area contributed by atoms with Gasteiger partial charge in [0.05, 0.1) is 0 Å². The maximum absolute atomic E-state index is 8.54. The van der Waals surface area contributed by atoms with Gasteiger partial charge in [0.2, 0.25) is 0 Å². The number of nitriles is 1. The molecule has 1 N–H and O–H groups in total. The molecule has 2 aromatic heterocycles. The molecule has 0 atom stereocenters. The van der Waals surface area contributed by atoms with Crippen molar-refractivity contribution in [2.45, 2.75) is 19.9 Å². The molecule has 0 aliphatic rings. The molecule has 0 saturated heterocycles. The van der Waals surface area contributed by atoms with Crippen molar-refractivity contribution >= 4 is 0 Å². The van der Waals surface area contributed by atoms with E-state index in [2.05, 4.69) is 25.3 Å². The van der Waals surface area contributed by atoms with E-state index in [0.29, 0.717) is 12.4 Å². The molecule has 0 aliphatic heterocycles.